The molecule has 0 radical (unpaired) electrons. The Morgan fingerprint density at radius 1 is 1.24 bits per heavy atom. The standard InChI is InChI=1S/C12H10Cl2FNS/c1-7(11-4-5-12(14)17-11)16-8-2-3-10(15)9(13)6-8/h2-7,16H,1H3. The minimum atomic E-state index is -0.413. The lowest BCUT2D eigenvalue weighted by atomic mass is 10.2. The van der Waals surface area contributed by atoms with Gasteiger partial charge in [0.05, 0.1) is 15.4 Å². The minimum absolute atomic E-state index is 0.106. The molecule has 17 heavy (non-hydrogen) atoms. The molecule has 2 rings (SSSR count). The zero-order valence-corrected chi connectivity index (χ0v) is 11.3. The molecular weight excluding hydrogens is 280 g/mol. The zero-order chi connectivity index (χ0) is 12.4. The molecule has 1 N–H and O–H groups in total. The summed E-state index contributed by atoms with van der Waals surface area (Å²) < 4.78 is 13.7. The van der Waals surface area contributed by atoms with Gasteiger partial charge in [-0.1, -0.05) is 23.2 Å². The second-order valence-electron chi connectivity index (χ2n) is 3.64. The summed E-state index contributed by atoms with van der Waals surface area (Å²) in [7, 11) is 0. The molecule has 0 saturated carbocycles. The van der Waals surface area contributed by atoms with Gasteiger partial charge in [0.1, 0.15) is 5.82 Å². The molecule has 2 aromatic rings. The fourth-order valence-corrected chi connectivity index (χ4v) is 2.71. The second-order valence-corrected chi connectivity index (χ2v) is 5.79. The highest BCUT2D eigenvalue weighted by molar-refractivity contribution is 7.16. The molecule has 5 heteroatoms. The SMILES string of the molecule is CC(Nc1ccc(F)c(Cl)c1)c1ccc(Cl)s1. The van der Waals surface area contributed by atoms with Crippen LogP contribution in [0, 0.1) is 5.82 Å². The Morgan fingerprint density at radius 2 is 2.00 bits per heavy atom. The Morgan fingerprint density at radius 3 is 2.59 bits per heavy atom. The van der Waals surface area contributed by atoms with Gasteiger partial charge in [-0.2, -0.15) is 0 Å². The van der Waals surface area contributed by atoms with Crippen molar-refractivity contribution in [2.45, 2.75) is 13.0 Å². The van der Waals surface area contributed by atoms with E-state index in [0.717, 1.165) is 14.9 Å². The van der Waals surface area contributed by atoms with Crippen molar-refractivity contribution in [3.63, 3.8) is 0 Å². The fraction of sp³-hybridized carbons (Fsp3) is 0.167. The number of thiophene rings is 1. The van der Waals surface area contributed by atoms with Gasteiger partial charge in [-0.3, -0.25) is 0 Å². The topological polar surface area (TPSA) is 12.0 Å². The van der Waals surface area contributed by atoms with E-state index in [2.05, 4.69) is 5.32 Å². The van der Waals surface area contributed by atoms with Crippen molar-refractivity contribution in [3.8, 4) is 0 Å². The molecule has 90 valence electrons. The highest BCUT2D eigenvalue weighted by Crippen LogP contribution is 2.29. The highest BCUT2D eigenvalue weighted by atomic mass is 35.5. The number of benzene rings is 1. The summed E-state index contributed by atoms with van der Waals surface area (Å²) in [6.07, 6.45) is 0. The molecule has 0 amide bonds. The smallest absolute Gasteiger partial charge is 0.141 e. The number of rotatable bonds is 3. The summed E-state index contributed by atoms with van der Waals surface area (Å²) in [5.74, 6) is -0.413. The quantitative estimate of drug-likeness (QED) is 0.801. The van der Waals surface area contributed by atoms with Gasteiger partial charge >= 0.3 is 0 Å². The lowest BCUT2D eigenvalue weighted by Crippen LogP contribution is -2.04. The van der Waals surface area contributed by atoms with Crippen molar-refractivity contribution in [3.05, 3.63) is 50.4 Å². The van der Waals surface area contributed by atoms with Crippen LogP contribution in [0.5, 0.6) is 0 Å². The number of nitrogens with one attached hydrogen (secondary N) is 1. The van der Waals surface area contributed by atoms with Gasteiger partial charge in [0, 0.05) is 10.6 Å². The van der Waals surface area contributed by atoms with Crippen LogP contribution in [0.25, 0.3) is 0 Å². The average Bonchev–Trinajstić information content (AvgIpc) is 2.70. The normalized spacial score (nSPS) is 12.5. The largest absolute Gasteiger partial charge is 0.378 e. The van der Waals surface area contributed by atoms with Crippen LogP contribution in [-0.2, 0) is 0 Å². The van der Waals surface area contributed by atoms with Gasteiger partial charge in [0.25, 0.3) is 0 Å². The Balaban J connectivity index is 2.12. The minimum Gasteiger partial charge on any atom is -0.378 e. The molecular formula is C12H10Cl2FNS. The summed E-state index contributed by atoms with van der Waals surface area (Å²) >= 11 is 13.1. The van der Waals surface area contributed by atoms with Gasteiger partial charge in [-0.15, -0.1) is 11.3 Å². The predicted octanol–water partition coefficient (Wildman–Crippen LogP) is 5.37. The molecule has 1 nitrogen and oxygen atoms in total. The van der Waals surface area contributed by atoms with Crippen molar-refractivity contribution < 1.29 is 4.39 Å². The number of hydrogen-bond donors (Lipinski definition) is 1. The van der Waals surface area contributed by atoms with Crippen LogP contribution in [0.1, 0.15) is 17.8 Å². The summed E-state index contributed by atoms with van der Waals surface area (Å²) in [5, 5.41) is 3.36. The Labute approximate surface area is 113 Å². The van der Waals surface area contributed by atoms with Gasteiger partial charge in [-0.05, 0) is 37.3 Å². The average molecular weight is 290 g/mol. The van der Waals surface area contributed by atoms with E-state index in [9.17, 15) is 4.39 Å². The highest BCUT2D eigenvalue weighted by Gasteiger charge is 2.09. The first-order chi connectivity index (χ1) is 8.06. The van der Waals surface area contributed by atoms with Crippen molar-refractivity contribution in [2.24, 2.45) is 0 Å². The fourth-order valence-electron chi connectivity index (χ4n) is 1.47. The maximum absolute atomic E-state index is 13.0. The molecule has 1 unspecified atom stereocenters. The molecule has 1 aromatic heterocycles. The molecule has 0 aliphatic heterocycles. The number of anilines is 1. The number of halogens is 3. The molecule has 0 aliphatic rings. The lowest BCUT2D eigenvalue weighted by Gasteiger charge is -2.13. The summed E-state index contributed by atoms with van der Waals surface area (Å²) in [6.45, 7) is 2.01. The molecule has 0 fully saturated rings. The van der Waals surface area contributed by atoms with E-state index in [-0.39, 0.29) is 11.1 Å². The Hall–Kier alpha value is -0.770. The predicted molar refractivity (Wildman–Crippen MR) is 72.8 cm³/mol. The second kappa shape index (κ2) is 5.25. The van der Waals surface area contributed by atoms with Crippen molar-refractivity contribution in [2.75, 3.05) is 5.32 Å². The summed E-state index contributed by atoms with van der Waals surface area (Å²) in [6, 6.07) is 8.51. The van der Waals surface area contributed by atoms with Crippen LogP contribution in [-0.4, -0.2) is 0 Å². The van der Waals surface area contributed by atoms with Gasteiger partial charge in [0.15, 0.2) is 0 Å². The van der Waals surface area contributed by atoms with Crippen molar-refractivity contribution in [1.82, 2.24) is 0 Å². The van der Waals surface area contributed by atoms with E-state index < -0.39 is 5.82 Å². The summed E-state index contributed by atoms with van der Waals surface area (Å²) in [4.78, 5) is 1.12. The monoisotopic (exact) mass is 289 g/mol. The summed E-state index contributed by atoms with van der Waals surface area (Å²) in [5.41, 5.74) is 0.786. The van der Waals surface area contributed by atoms with E-state index >= 15 is 0 Å². The number of hydrogen-bond acceptors (Lipinski definition) is 2. The lowest BCUT2D eigenvalue weighted by molar-refractivity contribution is 0.628. The molecule has 0 aliphatic carbocycles. The van der Waals surface area contributed by atoms with E-state index in [1.807, 2.05) is 19.1 Å². The van der Waals surface area contributed by atoms with Crippen LogP contribution in [0.15, 0.2) is 30.3 Å². The van der Waals surface area contributed by atoms with Crippen LogP contribution < -0.4 is 5.32 Å². The van der Waals surface area contributed by atoms with Gasteiger partial charge in [-0.25, -0.2) is 4.39 Å². The maximum Gasteiger partial charge on any atom is 0.141 e. The third kappa shape index (κ3) is 3.12. The van der Waals surface area contributed by atoms with Gasteiger partial charge < -0.3 is 5.32 Å². The van der Waals surface area contributed by atoms with E-state index in [1.165, 1.54) is 17.4 Å². The van der Waals surface area contributed by atoms with Crippen LogP contribution in [0.2, 0.25) is 9.36 Å². The van der Waals surface area contributed by atoms with Crippen molar-refractivity contribution >= 4 is 40.2 Å². The van der Waals surface area contributed by atoms with Gasteiger partial charge in [0.2, 0.25) is 0 Å². The molecule has 1 heterocycles. The van der Waals surface area contributed by atoms with Crippen LogP contribution in [0.4, 0.5) is 10.1 Å². The van der Waals surface area contributed by atoms with E-state index in [1.54, 1.807) is 12.1 Å². The zero-order valence-electron chi connectivity index (χ0n) is 9.01. The van der Waals surface area contributed by atoms with Crippen LogP contribution >= 0.6 is 34.5 Å². The molecule has 0 bridgehead atoms. The molecule has 1 aromatic carbocycles. The van der Waals surface area contributed by atoms with E-state index in [0.29, 0.717) is 0 Å². The molecule has 1 atom stereocenters. The third-order valence-electron chi connectivity index (χ3n) is 2.32. The molecule has 0 saturated heterocycles. The van der Waals surface area contributed by atoms with E-state index in [4.69, 9.17) is 23.2 Å². The Bertz CT molecular complexity index is 527. The molecule has 0 spiro atoms. The first kappa shape index (κ1) is 12.7. The Kier molecular flexibility index (Phi) is 3.92. The van der Waals surface area contributed by atoms with Crippen LogP contribution in [0.3, 0.4) is 0 Å². The van der Waals surface area contributed by atoms with Crippen molar-refractivity contribution in [1.29, 1.82) is 0 Å². The third-order valence-corrected chi connectivity index (χ3v) is 4.03. The first-order valence-electron chi connectivity index (χ1n) is 5.03. The maximum atomic E-state index is 13.0. The first-order valence-corrected chi connectivity index (χ1v) is 6.60.